The van der Waals surface area contributed by atoms with E-state index < -0.39 is 0 Å². The van der Waals surface area contributed by atoms with Crippen LogP contribution >= 0.6 is 12.2 Å². The van der Waals surface area contributed by atoms with Gasteiger partial charge in [0.25, 0.3) is 0 Å². The molecule has 0 radical (unpaired) electrons. The van der Waals surface area contributed by atoms with Crippen LogP contribution in [0.2, 0.25) is 0 Å². The third-order valence-electron chi connectivity index (χ3n) is 3.33. The highest BCUT2D eigenvalue weighted by Crippen LogP contribution is 2.26. The number of nitrogens with one attached hydrogen (secondary N) is 1. The zero-order valence-electron chi connectivity index (χ0n) is 12.3. The second-order valence-corrected chi connectivity index (χ2v) is 5.92. The highest BCUT2D eigenvalue weighted by molar-refractivity contribution is 7.71. The summed E-state index contributed by atoms with van der Waals surface area (Å²) in [5.74, 6) is 0. The molecule has 0 spiro atoms. The third kappa shape index (κ3) is 2.34. The second-order valence-electron chi connectivity index (χ2n) is 5.53. The van der Waals surface area contributed by atoms with Crippen LogP contribution in [0.25, 0.3) is 11.2 Å². The van der Waals surface area contributed by atoms with Crippen molar-refractivity contribution < 1.29 is 4.74 Å². The molecule has 5 nitrogen and oxygen atoms in total. The predicted octanol–water partition coefficient (Wildman–Crippen LogP) is 2.77. The van der Waals surface area contributed by atoms with Crippen molar-refractivity contribution in [2.75, 3.05) is 13.7 Å². The largest absolute Gasteiger partial charge is 0.382 e. The number of rotatable bonds is 5. The summed E-state index contributed by atoms with van der Waals surface area (Å²) in [6.07, 6.45) is 2.02. The third-order valence-corrected chi connectivity index (χ3v) is 3.61. The molecule has 2 aromatic rings. The summed E-state index contributed by atoms with van der Waals surface area (Å²) in [6, 6.07) is 0. The molecule has 106 valence electrons. The second kappa shape index (κ2) is 5.09. The molecule has 0 aliphatic carbocycles. The fraction of sp³-hybridized carbons (Fsp3) is 0.692. The van der Waals surface area contributed by atoms with Crippen molar-refractivity contribution in [3.05, 3.63) is 10.5 Å². The monoisotopic (exact) mass is 282 g/mol. The number of nitrogens with zero attached hydrogens (tertiary/aromatic N) is 3. The molecule has 0 aliphatic rings. The minimum Gasteiger partial charge on any atom is -0.382 e. The summed E-state index contributed by atoms with van der Waals surface area (Å²) in [5.41, 5.74) is 2.97. The highest BCUT2D eigenvalue weighted by atomic mass is 32.1. The first-order chi connectivity index (χ1) is 8.92. The van der Waals surface area contributed by atoms with Crippen LogP contribution in [-0.2, 0) is 23.7 Å². The van der Waals surface area contributed by atoms with Gasteiger partial charge >= 0.3 is 0 Å². The Labute approximate surface area is 118 Å². The van der Waals surface area contributed by atoms with Crippen LogP contribution < -0.4 is 0 Å². The molecule has 0 saturated heterocycles. The highest BCUT2D eigenvalue weighted by Gasteiger charge is 2.26. The number of methoxy groups -OCH3 is 1. The van der Waals surface area contributed by atoms with E-state index >= 15 is 0 Å². The summed E-state index contributed by atoms with van der Waals surface area (Å²) >= 11 is 5.48. The van der Waals surface area contributed by atoms with Crippen LogP contribution in [0.4, 0.5) is 0 Å². The molecular formula is C13H22N4OS. The van der Waals surface area contributed by atoms with Gasteiger partial charge in [-0.3, -0.25) is 9.25 Å². The molecule has 0 atom stereocenters. The average Bonchev–Trinajstić information content (AvgIpc) is 2.78. The van der Waals surface area contributed by atoms with Crippen LogP contribution in [0.1, 0.15) is 32.9 Å². The van der Waals surface area contributed by atoms with Crippen LogP contribution in [0.3, 0.4) is 0 Å². The molecule has 2 heterocycles. The molecule has 0 aliphatic heterocycles. The number of aromatic amines is 1. The van der Waals surface area contributed by atoms with Gasteiger partial charge in [0.05, 0.1) is 17.8 Å². The van der Waals surface area contributed by atoms with Crippen LogP contribution in [0.5, 0.6) is 0 Å². The smallest absolute Gasteiger partial charge is 0.179 e. The van der Waals surface area contributed by atoms with E-state index in [2.05, 4.69) is 35.4 Å². The van der Waals surface area contributed by atoms with Gasteiger partial charge in [0.15, 0.2) is 10.4 Å². The van der Waals surface area contributed by atoms with Crippen LogP contribution in [0, 0.1) is 4.77 Å². The zero-order chi connectivity index (χ0) is 14.2. The van der Waals surface area contributed by atoms with Gasteiger partial charge in [-0.2, -0.15) is 5.10 Å². The van der Waals surface area contributed by atoms with Crippen molar-refractivity contribution in [2.45, 2.75) is 39.2 Å². The molecule has 0 bridgehead atoms. The molecular weight excluding hydrogens is 260 g/mol. The first-order valence-electron chi connectivity index (χ1n) is 6.58. The quantitative estimate of drug-likeness (QED) is 0.858. The standard InChI is InChI=1S/C13H22N4OS/c1-6-7-9-10-11(16(4)15-9)17(12(19)14-10)13(2,3)8-18-5/h6-8H2,1-5H3,(H,14,19). The molecule has 6 heteroatoms. The van der Waals surface area contributed by atoms with Crippen molar-refractivity contribution >= 4 is 23.4 Å². The zero-order valence-corrected chi connectivity index (χ0v) is 13.1. The Balaban J connectivity index is 2.69. The van der Waals surface area contributed by atoms with E-state index in [1.54, 1.807) is 7.11 Å². The number of ether oxygens (including phenoxy) is 1. The number of fused-ring (bicyclic) bond motifs is 1. The maximum absolute atomic E-state index is 5.48. The van der Waals surface area contributed by atoms with Crippen molar-refractivity contribution in [3.63, 3.8) is 0 Å². The predicted molar refractivity (Wildman–Crippen MR) is 79.1 cm³/mol. The maximum Gasteiger partial charge on any atom is 0.179 e. The summed E-state index contributed by atoms with van der Waals surface area (Å²) in [6.45, 7) is 6.99. The van der Waals surface area contributed by atoms with Gasteiger partial charge in [0.2, 0.25) is 0 Å². The molecule has 0 aromatic carbocycles. The minimum atomic E-state index is -0.207. The van der Waals surface area contributed by atoms with Gasteiger partial charge in [-0.1, -0.05) is 13.3 Å². The molecule has 2 aromatic heterocycles. The Hall–Kier alpha value is -1.14. The lowest BCUT2D eigenvalue weighted by Crippen LogP contribution is -2.32. The summed E-state index contributed by atoms with van der Waals surface area (Å²) in [4.78, 5) is 3.30. The number of H-pyrrole nitrogens is 1. The maximum atomic E-state index is 5.48. The fourth-order valence-corrected chi connectivity index (χ4v) is 3.04. The number of imidazole rings is 1. The Morgan fingerprint density at radius 1 is 1.42 bits per heavy atom. The number of aromatic nitrogens is 4. The summed E-state index contributed by atoms with van der Waals surface area (Å²) in [7, 11) is 3.67. The van der Waals surface area contributed by atoms with Gasteiger partial charge in [-0.15, -0.1) is 0 Å². The van der Waals surface area contributed by atoms with E-state index in [9.17, 15) is 0 Å². The molecule has 0 amide bonds. The topological polar surface area (TPSA) is 47.8 Å². The van der Waals surface area contributed by atoms with E-state index in [1.165, 1.54) is 0 Å². The lowest BCUT2D eigenvalue weighted by molar-refractivity contribution is 0.110. The molecule has 0 fully saturated rings. The molecule has 2 rings (SSSR count). The van der Waals surface area contributed by atoms with Crippen molar-refractivity contribution in [1.29, 1.82) is 0 Å². The van der Waals surface area contributed by atoms with Gasteiger partial charge in [0, 0.05) is 14.2 Å². The van der Waals surface area contributed by atoms with Crippen LogP contribution in [0.15, 0.2) is 0 Å². The minimum absolute atomic E-state index is 0.207. The van der Waals surface area contributed by atoms with E-state index in [-0.39, 0.29) is 5.54 Å². The molecule has 19 heavy (non-hydrogen) atoms. The van der Waals surface area contributed by atoms with Gasteiger partial charge < -0.3 is 9.72 Å². The molecule has 0 unspecified atom stereocenters. The average molecular weight is 282 g/mol. The van der Waals surface area contributed by atoms with Gasteiger partial charge in [0.1, 0.15) is 5.52 Å². The van der Waals surface area contributed by atoms with E-state index in [0.717, 1.165) is 34.5 Å². The SMILES string of the molecule is CCCc1nn(C)c2c1[nH]c(=S)n2C(C)(C)COC. The summed E-state index contributed by atoms with van der Waals surface area (Å²) < 4.78 is 10.1. The Morgan fingerprint density at radius 2 is 2.11 bits per heavy atom. The van der Waals surface area contributed by atoms with E-state index in [0.29, 0.717) is 6.61 Å². The van der Waals surface area contributed by atoms with Crippen molar-refractivity contribution in [2.24, 2.45) is 7.05 Å². The van der Waals surface area contributed by atoms with Crippen LogP contribution in [-0.4, -0.2) is 33.0 Å². The van der Waals surface area contributed by atoms with Crippen molar-refractivity contribution in [1.82, 2.24) is 19.3 Å². The van der Waals surface area contributed by atoms with E-state index in [1.807, 2.05) is 11.7 Å². The Morgan fingerprint density at radius 3 is 2.68 bits per heavy atom. The summed E-state index contributed by atoms with van der Waals surface area (Å²) in [5, 5.41) is 4.59. The fourth-order valence-electron chi connectivity index (χ4n) is 2.60. The molecule has 0 saturated carbocycles. The van der Waals surface area contributed by atoms with Crippen molar-refractivity contribution in [3.8, 4) is 0 Å². The normalized spacial score (nSPS) is 12.5. The Bertz CT molecular complexity index is 635. The first kappa shape index (κ1) is 14.3. The lowest BCUT2D eigenvalue weighted by Gasteiger charge is -2.26. The van der Waals surface area contributed by atoms with E-state index in [4.69, 9.17) is 17.0 Å². The number of hydrogen-bond acceptors (Lipinski definition) is 3. The van der Waals surface area contributed by atoms with Gasteiger partial charge in [-0.25, -0.2) is 0 Å². The number of hydrogen-bond donors (Lipinski definition) is 1. The number of aryl methyl sites for hydroxylation is 2. The Kier molecular flexibility index (Phi) is 3.82. The lowest BCUT2D eigenvalue weighted by atomic mass is 10.1. The molecule has 1 N–H and O–H groups in total. The van der Waals surface area contributed by atoms with Gasteiger partial charge in [-0.05, 0) is 32.5 Å². The first-order valence-corrected chi connectivity index (χ1v) is 6.99.